The van der Waals surface area contributed by atoms with Crippen molar-refractivity contribution in [2.45, 2.75) is 20.2 Å². The van der Waals surface area contributed by atoms with Crippen LogP contribution >= 0.6 is 15.9 Å². The van der Waals surface area contributed by atoms with Crippen LogP contribution in [0.15, 0.2) is 71.3 Å². The Morgan fingerprint density at radius 2 is 1.55 bits per heavy atom. The van der Waals surface area contributed by atoms with Gasteiger partial charge in [-0.05, 0) is 79.6 Å². The van der Waals surface area contributed by atoms with Gasteiger partial charge < -0.3 is 4.74 Å². The van der Waals surface area contributed by atoms with Crippen LogP contribution in [-0.4, -0.2) is 20.9 Å². The standard InChI is InChI=1S/C25H17BrF3N3O/c1-14-12-20-21(13-15(14)2)31-24(32-11-10-18-19(26)4-3-5-22(18)32)23(30-20)16-6-8-17(9-7-16)33-25(27,28)29/h3-13H,1-2H3. The summed E-state index contributed by atoms with van der Waals surface area (Å²) in [7, 11) is 0. The molecule has 0 bridgehead atoms. The van der Waals surface area contributed by atoms with Crippen LogP contribution in [0.1, 0.15) is 11.1 Å². The second kappa shape index (κ2) is 7.88. The van der Waals surface area contributed by atoms with Crippen molar-refractivity contribution in [2.75, 3.05) is 0 Å². The summed E-state index contributed by atoms with van der Waals surface area (Å²) < 4.78 is 44.7. The second-order valence-electron chi connectivity index (χ2n) is 7.75. The van der Waals surface area contributed by atoms with Crippen molar-refractivity contribution in [3.05, 3.63) is 82.5 Å². The normalized spacial score (nSPS) is 11.9. The Hall–Kier alpha value is -3.39. The highest BCUT2D eigenvalue weighted by Crippen LogP contribution is 2.33. The minimum Gasteiger partial charge on any atom is -0.406 e. The van der Waals surface area contributed by atoms with Gasteiger partial charge in [0, 0.05) is 21.6 Å². The summed E-state index contributed by atoms with van der Waals surface area (Å²) in [4.78, 5) is 9.81. The van der Waals surface area contributed by atoms with E-state index in [0.717, 1.165) is 32.0 Å². The average molecular weight is 512 g/mol. The highest BCUT2D eigenvalue weighted by molar-refractivity contribution is 9.10. The highest BCUT2D eigenvalue weighted by Gasteiger charge is 2.31. The number of ether oxygens (including phenoxy) is 1. The lowest BCUT2D eigenvalue weighted by molar-refractivity contribution is -0.274. The molecule has 2 aromatic heterocycles. The largest absolute Gasteiger partial charge is 0.573 e. The lowest BCUT2D eigenvalue weighted by Crippen LogP contribution is -2.16. The Labute approximate surface area is 195 Å². The lowest BCUT2D eigenvalue weighted by Gasteiger charge is -2.14. The second-order valence-corrected chi connectivity index (χ2v) is 8.61. The number of rotatable bonds is 3. The SMILES string of the molecule is Cc1cc2nc(-c3ccc(OC(F)(F)F)cc3)c(-n3ccc4c(Br)cccc43)nc2cc1C. The number of hydrogen-bond donors (Lipinski definition) is 0. The molecule has 33 heavy (non-hydrogen) atoms. The Balaban J connectivity index is 1.74. The first kappa shape index (κ1) is 21.5. The van der Waals surface area contributed by atoms with Crippen LogP contribution in [-0.2, 0) is 0 Å². The van der Waals surface area contributed by atoms with E-state index in [1.807, 2.05) is 61.0 Å². The molecule has 0 amide bonds. The number of aromatic nitrogens is 3. The number of aryl methyl sites for hydroxylation is 2. The average Bonchev–Trinajstić information content (AvgIpc) is 3.19. The molecule has 2 heterocycles. The molecule has 0 N–H and O–H groups in total. The molecule has 0 fully saturated rings. The van der Waals surface area contributed by atoms with Gasteiger partial charge in [0.1, 0.15) is 11.4 Å². The van der Waals surface area contributed by atoms with Gasteiger partial charge in [-0.25, -0.2) is 9.97 Å². The maximum Gasteiger partial charge on any atom is 0.573 e. The first-order valence-corrected chi connectivity index (χ1v) is 10.9. The molecule has 0 spiro atoms. The quantitative estimate of drug-likeness (QED) is 0.251. The van der Waals surface area contributed by atoms with Gasteiger partial charge in [-0.1, -0.05) is 22.0 Å². The summed E-state index contributed by atoms with van der Waals surface area (Å²) in [6.45, 7) is 4.02. The summed E-state index contributed by atoms with van der Waals surface area (Å²) in [5.41, 5.74) is 5.76. The minimum absolute atomic E-state index is 0.289. The fraction of sp³-hybridized carbons (Fsp3) is 0.120. The van der Waals surface area contributed by atoms with E-state index in [1.54, 1.807) is 12.1 Å². The Morgan fingerprint density at radius 1 is 0.879 bits per heavy atom. The summed E-state index contributed by atoms with van der Waals surface area (Å²) in [6, 6.07) is 17.5. The third kappa shape index (κ3) is 4.06. The molecule has 0 aliphatic carbocycles. The molecule has 0 unspecified atom stereocenters. The van der Waals surface area contributed by atoms with Crippen molar-refractivity contribution in [3.8, 4) is 22.8 Å². The van der Waals surface area contributed by atoms with E-state index in [0.29, 0.717) is 22.6 Å². The molecule has 5 rings (SSSR count). The smallest absolute Gasteiger partial charge is 0.406 e. The zero-order valence-electron chi connectivity index (χ0n) is 17.6. The monoisotopic (exact) mass is 511 g/mol. The van der Waals surface area contributed by atoms with Crippen molar-refractivity contribution >= 4 is 37.9 Å². The first-order chi connectivity index (χ1) is 15.7. The van der Waals surface area contributed by atoms with Gasteiger partial charge in [0.05, 0.1) is 16.6 Å². The predicted molar refractivity (Wildman–Crippen MR) is 126 cm³/mol. The van der Waals surface area contributed by atoms with Crippen LogP contribution in [0.25, 0.3) is 39.0 Å². The van der Waals surface area contributed by atoms with Gasteiger partial charge in [0.25, 0.3) is 0 Å². The molecule has 0 saturated carbocycles. The van der Waals surface area contributed by atoms with Crippen molar-refractivity contribution in [2.24, 2.45) is 0 Å². The lowest BCUT2D eigenvalue weighted by atomic mass is 10.1. The molecule has 5 aromatic rings. The van der Waals surface area contributed by atoms with E-state index in [2.05, 4.69) is 20.7 Å². The van der Waals surface area contributed by atoms with Gasteiger partial charge in [0.15, 0.2) is 5.82 Å². The van der Waals surface area contributed by atoms with Gasteiger partial charge >= 0.3 is 6.36 Å². The molecule has 0 saturated heterocycles. The van der Waals surface area contributed by atoms with E-state index in [4.69, 9.17) is 9.97 Å². The summed E-state index contributed by atoms with van der Waals surface area (Å²) in [5, 5.41) is 1.01. The Morgan fingerprint density at radius 3 is 2.21 bits per heavy atom. The fourth-order valence-corrected chi connectivity index (χ4v) is 4.28. The molecular weight excluding hydrogens is 495 g/mol. The zero-order valence-corrected chi connectivity index (χ0v) is 19.2. The van der Waals surface area contributed by atoms with E-state index < -0.39 is 6.36 Å². The van der Waals surface area contributed by atoms with E-state index >= 15 is 0 Å². The zero-order chi connectivity index (χ0) is 23.3. The summed E-state index contributed by atoms with van der Waals surface area (Å²) in [6.07, 6.45) is -2.83. The Kier molecular flexibility index (Phi) is 5.12. The highest BCUT2D eigenvalue weighted by atomic mass is 79.9. The van der Waals surface area contributed by atoms with Crippen molar-refractivity contribution < 1.29 is 17.9 Å². The summed E-state index contributed by atoms with van der Waals surface area (Å²) in [5.74, 6) is 0.298. The first-order valence-electron chi connectivity index (χ1n) is 10.1. The van der Waals surface area contributed by atoms with Gasteiger partial charge in [-0.15, -0.1) is 13.2 Å². The van der Waals surface area contributed by atoms with E-state index in [-0.39, 0.29) is 5.75 Å². The predicted octanol–water partition coefficient (Wildman–Crippen LogP) is 7.52. The molecular formula is C25H17BrF3N3O. The molecule has 166 valence electrons. The number of alkyl halides is 3. The van der Waals surface area contributed by atoms with Crippen LogP contribution in [0.4, 0.5) is 13.2 Å². The topological polar surface area (TPSA) is 39.9 Å². The molecule has 0 aliphatic heterocycles. The van der Waals surface area contributed by atoms with Crippen LogP contribution < -0.4 is 4.74 Å². The van der Waals surface area contributed by atoms with Crippen molar-refractivity contribution in [1.82, 2.24) is 14.5 Å². The minimum atomic E-state index is -4.75. The van der Waals surface area contributed by atoms with Crippen LogP contribution in [0.2, 0.25) is 0 Å². The maximum atomic E-state index is 12.6. The van der Waals surface area contributed by atoms with E-state index in [9.17, 15) is 13.2 Å². The molecule has 8 heteroatoms. The van der Waals surface area contributed by atoms with E-state index in [1.165, 1.54) is 12.1 Å². The Bertz CT molecular complexity index is 1510. The van der Waals surface area contributed by atoms with Gasteiger partial charge in [-0.2, -0.15) is 0 Å². The maximum absolute atomic E-state index is 12.6. The van der Waals surface area contributed by atoms with Gasteiger partial charge in [-0.3, -0.25) is 4.57 Å². The van der Waals surface area contributed by atoms with Crippen LogP contribution in [0, 0.1) is 13.8 Å². The summed E-state index contributed by atoms with van der Waals surface area (Å²) >= 11 is 3.58. The van der Waals surface area contributed by atoms with Crippen molar-refractivity contribution in [3.63, 3.8) is 0 Å². The molecule has 0 aliphatic rings. The molecule has 3 aromatic carbocycles. The van der Waals surface area contributed by atoms with Crippen molar-refractivity contribution in [1.29, 1.82) is 0 Å². The van der Waals surface area contributed by atoms with Crippen LogP contribution in [0.5, 0.6) is 5.75 Å². The number of benzene rings is 3. The number of hydrogen-bond acceptors (Lipinski definition) is 3. The number of halogens is 4. The van der Waals surface area contributed by atoms with Gasteiger partial charge in [0.2, 0.25) is 0 Å². The molecule has 0 radical (unpaired) electrons. The fourth-order valence-electron chi connectivity index (χ4n) is 3.79. The molecule has 4 nitrogen and oxygen atoms in total. The number of nitrogens with zero attached hydrogens (tertiary/aromatic N) is 3. The molecule has 0 atom stereocenters. The third-order valence-electron chi connectivity index (χ3n) is 5.53. The third-order valence-corrected chi connectivity index (χ3v) is 6.22. The number of fused-ring (bicyclic) bond motifs is 2. The van der Waals surface area contributed by atoms with Crippen LogP contribution in [0.3, 0.4) is 0 Å².